The smallest absolute Gasteiger partial charge is 0.272 e. The van der Waals surface area contributed by atoms with Crippen molar-refractivity contribution in [2.75, 3.05) is 10.6 Å². The summed E-state index contributed by atoms with van der Waals surface area (Å²) in [4.78, 5) is 45.7. The molecule has 0 aliphatic carbocycles. The Morgan fingerprint density at radius 3 is 2.26 bits per heavy atom. The molecule has 6 rings (SSSR count). The molecule has 3 amide bonds. The van der Waals surface area contributed by atoms with E-state index in [1.165, 1.54) is 23.1 Å². The number of hydrogen-bond donors (Lipinski definition) is 3. The van der Waals surface area contributed by atoms with Crippen LogP contribution in [0.5, 0.6) is 0 Å². The molecule has 0 spiro atoms. The first-order valence-electron chi connectivity index (χ1n) is 14.9. The van der Waals surface area contributed by atoms with Gasteiger partial charge in [-0.3, -0.25) is 14.4 Å². The summed E-state index contributed by atoms with van der Waals surface area (Å²) in [5.41, 5.74) is 4.51. The Bertz CT molecular complexity index is 2040. The minimum Gasteiger partial charge on any atom is -0.321 e. The molecule has 0 radical (unpaired) electrons. The lowest BCUT2D eigenvalue weighted by Gasteiger charge is -2.17. The molecule has 232 valence electrons. The number of nitrogens with zero attached hydrogens (tertiary/aromatic N) is 1. The molecule has 0 saturated carbocycles. The molecule has 1 aromatic heterocycles. The van der Waals surface area contributed by atoms with Crippen LogP contribution in [0.3, 0.4) is 0 Å². The van der Waals surface area contributed by atoms with Crippen LogP contribution in [-0.4, -0.2) is 22.7 Å². The number of para-hydroxylation sites is 1. The number of nitrogens with one attached hydrogen (secondary N) is 3. The fourth-order valence-corrected chi connectivity index (χ4v) is 6.80. The number of thioether (sulfide) groups is 1. The van der Waals surface area contributed by atoms with Crippen molar-refractivity contribution in [3.05, 3.63) is 161 Å². The number of carbonyl (C=O) groups excluding carboxylic acids is 3. The normalized spacial score (nSPS) is 11.9. The van der Waals surface area contributed by atoms with E-state index >= 15 is 0 Å². The molecule has 47 heavy (non-hydrogen) atoms. The molecule has 0 fully saturated rings. The highest BCUT2D eigenvalue weighted by Gasteiger charge is 2.24. The van der Waals surface area contributed by atoms with Gasteiger partial charge in [-0.05, 0) is 66.6 Å². The van der Waals surface area contributed by atoms with Gasteiger partial charge in [0.25, 0.3) is 11.8 Å². The summed E-state index contributed by atoms with van der Waals surface area (Å²) >= 11 is 2.79. The summed E-state index contributed by atoms with van der Waals surface area (Å²) in [5, 5.41) is 8.66. The van der Waals surface area contributed by atoms with Gasteiger partial charge in [0.1, 0.15) is 10.9 Å². The largest absolute Gasteiger partial charge is 0.321 e. The summed E-state index contributed by atoms with van der Waals surface area (Å²) in [6, 6.07) is 41.0. The van der Waals surface area contributed by atoms with Crippen molar-refractivity contribution in [3.63, 3.8) is 0 Å². The second kappa shape index (κ2) is 14.7. The molecule has 0 saturated heterocycles. The van der Waals surface area contributed by atoms with Crippen LogP contribution in [0.25, 0.3) is 16.3 Å². The lowest BCUT2D eigenvalue weighted by atomic mass is 10.1. The highest BCUT2D eigenvalue weighted by Crippen LogP contribution is 2.38. The Labute approximate surface area is 280 Å². The third-order valence-corrected chi connectivity index (χ3v) is 9.29. The summed E-state index contributed by atoms with van der Waals surface area (Å²) < 4.78 is 0.992. The van der Waals surface area contributed by atoms with Crippen molar-refractivity contribution in [3.8, 4) is 0 Å². The standard InChI is InChI=1S/C38H30N4O3S2/c1-25-12-10-13-26(22-25)23-32(40-35(43)28-16-6-3-7-17-28)36(44)39-29-18-11-19-30(24-29)46-34(27-14-4-2-5-15-27)37(45)42-38-41-31-20-8-9-21-33(31)47-38/h2-24,34H,1H3,(H,39,44)(H,40,43)(H,41,42,45)/b32-23+. The lowest BCUT2D eigenvalue weighted by Crippen LogP contribution is -2.30. The van der Waals surface area contributed by atoms with Gasteiger partial charge in [0, 0.05) is 16.1 Å². The molecule has 0 aliphatic rings. The predicted octanol–water partition coefficient (Wildman–Crippen LogP) is 8.49. The molecule has 0 bridgehead atoms. The Hall–Kier alpha value is -5.51. The maximum Gasteiger partial charge on any atom is 0.272 e. The first kappa shape index (κ1) is 31.5. The number of hydrogen-bond acceptors (Lipinski definition) is 6. The van der Waals surface area contributed by atoms with Crippen molar-refractivity contribution in [2.45, 2.75) is 17.1 Å². The van der Waals surface area contributed by atoms with Crippen molar-refractivity contribution in [2.24, 2.45) is 0 Å². The van der Waals surface area contributed by atoms with Gasteiger partial charge in [-0.25, -0.2) is 4.98 Å². The second-order valence-corrected chi connectivity index (χ2v) is 12.9. The number of anilines is 2. The molecule has 7 nitrogen and oxygen atoms in total. The van der Waals surface area contributed by atoms with Gasteiger partial charge in [-0.15, -0.1) is 11.8 Å². The Balaban J connectivity index is 1.23. The van der Waals surface area contributed by atoms with Crippen LogP contribution in [0, 0.1) is 6.92 Å². The molecule has 6 aromatic rings. The zero-order chi connectivity index (χ0) is 32.6. The first-order chi connectivity index (χ1) is 22.9. The molecule has 0 aliphatic heterocycles. The fourth-order valence-electron chi connectivity index (χ4n) is 4.85. The molecule has 9 heteroatoms. The number of thiazole rings is 1. The van der Waals surface area contributed by atoms with Gasteiger partial charge in [0.05, 0.1) is 10.2 Å². The van der Waals surface area contributed by atoms with Crippen LogP contribution in [0.15, 0.2) is 144 Å². The maximum absolute atomic E-state index is 13.7. The van der Waals surface area contributed by atoms with Crippen molar-refractivity contribution < 1.29 is 14.4 Å². The van der Waals surface area contributed by atoms with E-state index in [0.29, 0.717) is 16.4 Å². The molecule has 1 unspecified atom stereocenters. The summed E-state index contributed by atoms with van der Waals surface area (Å²) in [7, 11) is 0. The summed E-state index contributed by atoms with van der Waals surface area (Å²) in [6.07, 6.45) is 1.65. The zero-order valence-corrected chi connectivity index (χ0v) is 27.0. The van der Waals surface area contributed by atoms with E-state index in [1.807, 2.05) is 110 Å². The Morgan fingerprint density at radius 1 is 0.766 bits per heavy atom. The summed E-state index contributed by atoms with van der Waals surface area (Å²) in [6.45, 7) is 1.96. The van der Waals surface area contributed by atoms with Crippen LogP contribution in [0.4, 0.5) is 10.8 Å². The van der Waals surface area contributed by atoms with Crippen LogP contribution < -0.4 is 16.0 Å². The number of amides is 3. The number of fused-ring (bicyclic) bond motifs is 1. The van der Waals surface area contributed by atoms with Crippen molar-refractivity contribution in [1.29, 1.82) is 0 Å². The van der Waals surface area contributed by atoms with Gasteiger partial charge in [0.2, 0.25) is 5.91 Å². The van der Waals surface area contributed by atoms with E-state index in [4.69, 9.17) is 0 Å². The lowest BCUT2D eigenvalue weighted by molar-refractivity contribution is -0.116. The number of aryl methyl sites for hydroxylation is 1. The fraction of sp³-hybridized carbons (Fsp3) is 0.0526. The first-order valence-corrected chi connectivity index (χ1v) is 16.5. The average Bonchev–Trinajstić information content (AvgIpc) is 3.50. The molecular weight excluding hydrogens is 625 g/mol. The van der Waals surface area contributed by atoms with Gasteiger partial charge in [-0.1, -0.05) is 108 Å². The third kappa shape index (κ3) is 8.21. The SMILES string of the molecule is Cc1cccc(/C=C(/NC(=O)c2ccccc2)C(=O)Nc2cccc(SC(C(=O)Nc3nc4ccccc4s3)c3ccccc3)c2)c1. The van der Waals surface area contributed by atoms with Crippen LogP contribution >= 0.6 is 23.1 Å². The number of aromatic nitrogens is 1. The molecular formula is C38H30N4O3S2. The molecule has 5 aromatic carbocycles. The van der Waals surface area contributed by atoms with E-state index < -0.39 is 17.1 Å². The monoisotopic (exact) mass is 654 g/mol. The van der Waals surface area contributed by atoms with Gasteiger partial charge >= 0.3 is 0 Å². The van der Waals surface area contributed by atoms with Gasteiger partial charge in [0.15, 0.2) is 5.13 Å². The zero-order valence-electron chi connectivity index (χ0n) is 25.3. The minimum absolute atomic E-state index is 0.0971. The topological polar surface area (TPSA) is 100 Å². The van der Waals surface area contributed by atoms with E-state index in [-0.39, 0.29) is 11.6 Å². The van der Waals surface area contributed by atoms with Crippen LogP contribution in [0.2, 0.25) is 0 Å². The number of carbonyl (C=O) groups is 3. The number of benzene rings is 5. The highest BCUT2D eigenvalue weighted by atomic mass is 32.2. The average molecular weight is 655 g/mol. The van der Waals surface area contributed by atoms with E-state index in [2.05, 4.69) is 20.9 Å². The van der Waals surface area contributed by atoms with E-state index in [9.17, 15) is 14.4 Å². The molecule has 1 heterocycles. The Kier molecular flexibility index (Phi) is 9.86. The quantitative estimate of drug-likeness (QED) is 0.102. The summed E-state index contributed by atoms with van der Waals surface area (Å²) in [5.74, 6) is -1.08. The van der Waals surface area contributed by atoms with Gasteiger partial charge in [-0.2, -0.15) is 0 Å². The van der Waals surface area contributed by atoms with Crippen LogP contribution in [-0.2, 0) is 9.59 Å². The highest BCUT2D eigenvalue weighted by molar-refractivity contribution is 8.00. The van der Waals surface area contributed by atoms with E-state index in [0.717, 1.165) is 31.8 Å². The number of rotatable bonds is 10. The Morgan fingerprint density at radius 2 is 1.49 bits per heavy atom. The third-order valence-electron chi connectivity index (χ3n) is 7.09. The second-order valence-electron chi connectivity index (χ2n) is 10.7. The van der Waals surface area contributed by atoms with Crippen molar-refractivity contribution >= 4 is 67.9 Å². The molecule has 1 atom stereocenters. The predicted molar refractivity (Wildman–Crippen MR) is 191 cm³/mol. The van der Waals surface area contributed by atoms with Crippen LogP contribution in [0.1, 0.15) is 32.3 Å². The van der Waals surface area contributed by atoms with E-state index in [1.54, 1.807) is 36.4 Å². The molecule has 3 N–H and O–H groups in total. The van der Waals surface area contributed by atoms with Gasteiger partial charge < -0.3 is 16.0 Å². The van der Waals surface area contributed by atoms with Crippen molar-refractivity contribution in [1.82, 2.24) is 10.3 Å². The minimum atomic E-state index is -0.587. The maximum atomic E-state index is 13.7.